The molecule has 2 fully saturated rings. The fraction of sp³-hybridized carbons (Fsp3) is 0.800. The maximum Gasteiger partial charge on any atom is 0.242 e. The van der Waals surface area contributed by atoms with E-state index in [0.717, 1.165) is 31.4 Å². The Bertz CT molecular complexity index is 419. The Hall–Kier alpha value is -1.04. The second-order valence-corrected chi connectivity index (χ2v) is 7.30. The molecule has 1 aliphatic carbocycles. The van der Waals surface area contributed by atoms with Crippen LogP contribution in [-0.4, -0.2) is 47.2 Å². The molecular formula is C15H24N2O3S. The number of carbonyl (C=O) groups is 3. The Labute approximate surface area is 130 Å². The summed E-state index contributed by atoms with van der Waals surface area (Å²) in [5, 5.41) is 2.52. The molecule has 1 N–H and O–H groups in total. The number of likely N-dealkylation sites (tertiary alicyclic amines) is 1. The minimum absolute atomic E-state index is 0.0136. The molecule has 1 aliphatic heterocycles. The van der Waals surface area contributed by atoms with Crippen LogP contribution in [-0.2, 0) is 14.4 Å². The minimum atomic E-state index is -0.176. The van der Waals surface area contributed by atoms with E-state index in [1.165, 1.54) is 4.90 Å². The molecule has 21 heavy (non-hydrogen) atoms. The third-order valence-corrected chi connectivity index (χ3v) is 5.58. The smallest absolute Gasteiger partial charge is 0.242 e. The van der Waals surface area contributed by atoms with E-state index in [4.69, 9.17) is 0 Å². The van der Waals surface area contributed by atoms with Gasteiger partial charge in [-0.25, -0.2) is 0 Å². The molecule has 0 spiro atoms. The van der Waals surface area contributed by atoms with Crippen molar-refractivity contribution in [1.82, 2.24) is 10.2 Å². The van der Waals surface area contributed by atoms with Crippen LogP contribution in [0.25, 0.3) is 0 Å². The first kappa shape index (κ1) is 16.3. The Morgan fingerprint density at radius 2 is 1.95 bits per heavy atom. The Morgan fingerprint density at radius 1 is 1.29 bits per heavy atom. The summed E-state index contributed by atoms with van der Waals surface area (Å²) in [5.41, 5.74) is 0. The van der Waals surface area contributed by atoms with E-state index in [2.05, 4.69) is 5.32 Å². The van der Waals surface area contributed by atoms with Crippen molar-refractivity contribution in [2.45, 2.75) is 44.3 Å². The predicted octanol–water partition coefficient (Wildman–Crippen LogP) is 1.42. The maximum atomic E-state index is 12.2. The van der Waals surface area contributed by atoms with E-state index in [1.807, 2.05) is 6.92 Å². The van der Waals surface area contributed by atoms with Crippen LogP contribution in [0.1, 0.15) is 39.0 Å². The first-order valence-corrected chi connectivity index (χ1v) is 8.79. The molecule has 6 heteroatoms. The Morgan fingerprint density at radius 3 is 2.52 bits per heavy atom. The van der Waals surface area contributed by atoms with Crippen molar-refractivity contribution in [3.63, 3.8) is 0 Å². The molecule has 0 aromatic carbocycles. The lowest BCUT2D eigenvalue weighted by atomic mass is 9.81. The quantitative estimate of drug-likeness (QED) is 0.780. The van der Waals surface area contributed by atoms with Gasteiger partial charge in [0, 0.05) is 25.9 Å². The average Bonchev–Trinajstić information content (AvgIpc) is 2.75. The number of amides is 3. The van der Waals surface area contributed by atoms with Crippen LogP contribution < -0.4 is 5.32 Å². The Kier molecular flexibility index (Phi) is 5.67. The number of hydrogen-bond acceptors (Lipinski definition) is 4. The van der Waals surface area contributed by atoms with Gasteiger partial charge in [0.1, 0.15) is 0 Å². The lowest BCUT2D eigenvalue weighted by molar-refractivity contribution is -0.139. The van der Waals surface area contributed by atoms with Crippen molar-refractivity contribution < 1.29 is 14.4 Å². The second-order valence-electron chi connectivity index (χ2n) is 5.82. The number of nitrogens with zero attached hydrogens (tertiary/aromatic N) is 1. The van der Waals surface area contributed by atoms with Crippen molar-refractivity contribution in [3.05, 3.63) is 0 Å². The largest absolute Gasteiger partial charge is 0.359 e. The average molecular weight is 312 g/mol. The van der Waals surface area contributed by atoms with Gasteiger partial charge in [-0.3, -0.25) is 19.3 Å². The SMILES string of the molecule is CCSC1CC(=O)N(CC2CCC(C(=O)NC)CC2)C1=O. The lowest BCUT2D eigenvalue weighted by Gasteiger charge is -2.29. The molecule has 5 nitrogen and oxygen atoms in total. The normalized spacial score (nSPS) is 29.8. The van der Waals surface area contributed by atoms with Gasteiger partial charge >= 0.3 is 0 Å². The van der Waals surface area contributed by atoms with Gasteiger partial charge in [-0.15, -0.1) is 11.8 Å². The van der Waals surface area contributed by atoms with Gasteiger partial charge in [-0.2, -0.15) is 0 Å². The predicted molar refractivity (Wildman–Crippen MR) is 82.8 cm³/mol. The molecular weight excluding hydrogens is 288 g/mol. The highest BCUT2D eigenvalue weighted by atomic mass is 32.2. The van der Waals surface area contributed by atoms with Crippen molar-refractivity contribution >= 4 is 29.5 Å². The number of imide groups is 1. The summed E-state index contributed by atoms with van der Waals surface area (Å²) in [4.78, 5) is 37.3. The molecule has 0 aromatic heterocycles. The summed E-state index contributed by atoms with van der Waals surface area (Å²) < 4.78 is 0. The van der Waals surface area contributed by atoms with Gasteiger partial charge in [0.25, 0.3) is 0 Å². The summed E-state index contributed by atoms with van der Waals surface area (Å²) in [6.07, 6.45) is 3.90. The van der Waals surface area contributed by atoms with Gasteiger partial charge in [0.2, 0.25) is 17.7 Å². The topological polar surface area (TPSA) is 66.5 Å². The Balaban J connectivity index is 1.85. The lowest BCUT2D eigenvalue weighted by Crippen LogP contribution is -2.38. The maximum absolute atomic E-state index is 12.2. The summed E-state index contributed by atoms with van der Waals surface area (Å²) in [5.74, 6) is 1.37. The highest BCUT2D eigenvalue weighted by Crippen LogP contribution is 2.32. The van der Waals surface area contributed by atoms with Crippen LogP contribution in [0, 0.1) is 11.8 Å². The van der Waals surface area contributed by atoms with Crippen molar-refractivity contribution in [2.75, 3.05) is 19.3 Å². The molecule has 2 aliphatic rings. The molecule has 2 rings (SSSR count). The van der Waals surface area contributed by atoms with Crippen LogP contribution in [0.5, 0.6) is 0 Å². The fourth-order valence-corrected chi connectivity index (χ4v) is 4.18. The van der Waals surface area contributed by atoms with E-state index < -0.39 is 0 Å². The molecule has 0 radical (unpaired) electrons. The number of rotatable bonds is 5. The first-order valence-electron chi connectivity index (χ1n) is 7.74. The zero-order chi connectivity index (χ0) is 15.4. The molecule has 1 saturated carbocycles. The molecule has 0 bridgehead atoms. The number of nitrogens with one attached hydrogen (secondary N) is 1. The monoisotopic (exact) mass is 312 g/mol. The summed E-state index contributed by atoms with van der Waals surface area (Å²) in [6.45, 7) is 2.55. The van der Waals surface area contributed by atoms with E-state index in [0.29, 0.717) is 18.9 Å². The summed E-state index contributed by atoms with van der Waals surface area (Å²) in [6, 6.07) is 0. The standard InChI is InChI=1S/C15H24N2O3S/c1-3-21-12-8-13(18)17(15(12)20)9-10-4-6-11(7-5-10)14(19)16-2/h10-12H,3-9H2,1-2H3,(H,16,19). The van der Waals surface area contributed by atoms with Gasteiger partial charge in [-0.05, 0) is 37.4 Å². The first-order chi connectivity index (χ1) is 10.1. The van der Waals surface area contributed by atoms with Gasteiger partial charge in [-0.1, -0.05) is 6.92 Å². The van der Waals surface area contributed by atoms with Crippen LogP contribution >= 0.6 is 11.8 Å². The second kappa shape index (κ2) is 7.29. The molecule has 0 aromatic rings. The summed E-state index contributed by atoms with van der Waals surface area (Å²) in [7, 11) is 1.67. The molecule has 1 heterocycles. The van der Waals surface area contributed by atoms with Gasteiger partial charge in [0.05, 0.1) is 5.25 Å². The van der Waals surface area contributed by atoms with Crippen LogP contribution in [0.3, 0.4) is 0 Å². The van der Waals surface area contributed by atoms with Crippen molar-refractivity contribution in [1.29, 1.82) is 0 Å². The third-order valence-electron chi connectivity index (χ3n) is 4.48. The van der Waals surface area contributed by atoms with Crippen LogP contribution in [0.15, 0.2) is 0 Å². The molecule has 1 saturated heterocycles. The van der Waals surface area contributed by atoms with E-state index >= 15 is 0 Å². The molecule has 3 amide bonds. The highest BCUT2D eigenvalue weighted by Gasteiger charge is 2.40. The number of carbonyl (C=O) groups excluding carboxylic acids is 3. The van der Waals surface area contributed by atoms with E-state index in [1.54, 1.807) is 18.8 Å². The third kappa shape index (κ3) is 3.78. The zero-order valence-electron chi connectivity index (χ0n) is 12.8. The van der Waals surface area contributed by atoms with Crippen molar-refractivity contribution in [3.8, 4) is 0 Å². The molecule has 1 atom stereocenters. The van der Waals surface area contributed by atoms with E-state index in [-0.39, 0.29) is 28.9 Å². The fourth-order valence-electron chi connectivity index (χ4n) is 3.25. The van der Waals surface area contributed by atoms with E-state index in [9.17, 15) is 14.4 Å². The van der Waals surface area contributed by atoms with Crippen LogP contribution in [0.2, 0.25) is 0 Å². The molecule has 118 valence electrons. The van der Waals surface area contributed by atoms with Crippen molar-refractivity contribution in [2.24, 2.45) is 11.8 Å². The highest BCUT2D eigenvalue weighted by molar-refractivity contribution is 8.00. The van der Waals surface area contributed by atoms with Gasteiger partial charge in [0.15, 0.2) is 0 Å². The number of thioether (sulfide) groups is 1. The molecule has 1 unspecified atom stereocenters. The van der Waals surface area contributed by atoms with Crippen LogP contribution in [0.4, 0.5) is 0 Å². The minimum Gasteiger partial charge on any atom is -0.359 e. The number of hydrogen-bond donors (Lipinski definition) is 1. The zero-order valence-corrected chi connectivity index (χ0v) is 13.6. The summed E-state index contributed by atoms with van der Waals surface area (Å²) >= 11 is 1.56. The van der Waals surface area contributed by atoms with Gasteiger partial charge < -0.3 is 5.32 Å².